The van der Waals surface area contributed by atoms with Gasteiger partial charge in [0.2, 0.25) is 0 Å². The maximum Gasteiger partial charge on any atom is 0.127 e. The monoisotopic (exact) mass is 280 g/mol. The Bertz CT molecular complexity index is 416. The van der Waals surface area contributed by atoms with Crippen LogP contribution in [0, 0.1) is 11.7 Å². The molecule has 4 heteroatoms. The molecule has 2 N–H and O–H groups in total. The molecule has 0 radical (unpaired) electrons. The zero-order chi connectivity index (χ0) is 14.5. The van der Waals surface area contributed by atoms with Crippen LogP contribution in [0.1, 0.15) is 32.3 Å². The van der Waals surface area contributed by atoms with E-state index in [0.29, 0.717) is 18.5 Å². The summed E-state index contributed by atoms with van der Waals surface area (Å²) in [6.45, 7) is 8.17. The van der Waals surface area contributed by atoms with Gasteiger partial charge in [0, 0.05) is 25.2 Å². The van der Waals surface area contributed by atoms with Gasteiger partial charge in [-0.25, -0.2) is 4.39 Å². The van der Waals surface area contributed by atoms with Crippen LogP contribution in [0.25, 0.3) is 0 Å². The Morgan fingerprint density at radius 2 is 2.20 bits per heavy atom. The van der Waals surface area contributed by atoms with Gasteiger partial charge in [-0.1, -0.05) is 13.8 Å². The van der Waals surface area contributed by atoms with Gasteiger partial charge >= 0.3 is 0 Å². The van der Waals surface area contributed by atoms with Gasteiger partial charge in [0.1, 0.15) is 11.6 Å². The number of aromatic hydroxyl groups is 1. The average molecular weight is 280 g/mol. The van der Waals surface area contributed by atoms with Crippen molar-refractivity contribution in [3.05, 3.63) is 29.6 Å². The second-order valence-corrected chi connectivity index (χ2v) is 6.12. The first kappa shape index (κ1) is 15.3. The first-order chi connectivity index (χ1) is 9.52. The molecule has 112 valence electrons. The molecule has 20 heavy (non-hydrogen) atoms. The average Bonchev–Trinajstić information content (AvgIpc) is 2.35. The molecule has 0 aliphatic carbocycles. The minimum absolute atomic E-state index is 0.00929. The van der Waals surface area contributed by atoms with Crippen LogP contribution in [0.2, 0.25) is 0 Å². The quantitative estimate of drug-likeness (QED) is 0.870. The second-order valence-electron chi connectivity index (χ2n) is 6.12. The lowest BCUT2D eigenvalue weighted by Gasteiger charge is -2.33. The van der Waals surface area contributed by atoms with Crippen LogP contribution < -0.4 is 5.32 Å². The highest BCUT2D eigenvalue weighted by Crippen LogP contribution is 2.21. The van der Waals surface area contributed by atoms with Gasteiger partial charge in [0.15, 0.2) is 0 Å². The van der Waals surface area contributed by atoms with E-state index in [-0.39, 0.29) is 11.6 Å². The van der Waals surface area contributed by atoms with Crippen molar-refractivity contribution in [3.63, 3.8) is 0 Å². The van der Waals surface area contributed by atoms with E-state index < -0.39 is 0 Å². The maximum atomic E-state index is 13.3. The summed E-state index contributed by atoms with van der Waals surface area (Å²) in [5.74, 6) is 0.304. The summed E-state index contributed by atoms with van der Waals surface area (Å²) in [6, 6.07) is 4.83. The summed E-state index contributed by atoms with van der Waals surface area (Å²) in [4.78, 5) is 2.35. The fraction of sp³-hybridized carbons (Fsp3) is 0.625. The van der Waals surface area contributed by atoms with Crippen molar-refractivity contribution in [2.45, 2.75) is 39.3 Å². The predicted molar refractivity (Wildman–Crippen MR) is 79.2 cm³/mol. The van der Waals surface area contributed by atoms with Crippen LogP contribution in [-0.2, 0) is 6.54 Å². The number of nitrogens with zero attached hydrogens (tertiary/aromatic N) is 1. The number of hydrogen-bond donors (Lipinski definition) is 2. The molecule has 2 rings (SSSR count). The van der Waals surface area contributed by atoms with Gasteiger partial charge in [-0.3, -0.25) is 4.90 Å². The van der Waals surface area contributed by atoms with Crippen molar-refractivity contribution in [2.24, 2.45) is 5.92 Å². The molecule has 1 aliphatic rings. The summed E-state index contributed by atoms with van der Waals surface area (Å²) in [5.41, 5.74) is 0.847. The van der Waals surface area contributed by atoms with Crippen molar-refractivity contribution < 1.29 is 9.50 Å². The molecule has 1 fully saturated rings. The topological polar surface area (TPSA) is 35.5 Å². The molecule has 0 amide bonds. The lowest BCUT2D eigenvalue weighted by Crippen LogP contribution is -2.40. The summed E-state index contributed by atoms with van der Waals surface area (Å²) < 4.78 is 13.3. The van der Waals surface area contributed by atoms with Crippen LogP contribution in [-0.4, -0.2) is 35.7 Å². The molecule has 0 saturated carbocycles. The van der Waals surface area contributed by atoms with Gasteiger partial charge in [0.25, 0.3) is 0 Å². The predicted octanol–water partition coefficient (Wildman–Crippen LogP) is 2.74. The summed E-state index contributed by atoms with van der Waals surface area (Å²) in [7, 11) is 0. The van der Waals surface area contributed by atoms with Crippen molar-refractivity contribution in [1.82, 2.24) is 10.2 Å². The molecule has 1 heterocycles. The third-order valence-electron chi connectivity index (χ3n) is 3.77. The van der Waals surface area contributed by atoms with Gasteiger partial charge in [-0.15, -0.1) is 0 Å². The van der Waals surface area contributed by atoms with Crippen LogP contribution in [0.4, 0.5) is 4.39 Å². The number of piperidine rings is 1. The number of benzene rings is 1. The Hall–Kier alpha value is -1.13. The van der Waals surface area contributed by atoms with E-state index in [1.807, 2.05) is 0 Å². The Labute approximate surface area is 120 Å². The molecule has 1 unspecified atom stereocenters. The molecule has 0 aromatic heterocycles. The normalized spacial score (nSPS) is 20.5. The van der Waals surface area contributed by atoms with E-state index in [2.05, 4.69) is 24.1 Å². The van der Waals surface area contributed by atoms with Crippen LogP contribution in [0.3, 0.4) is 0 Å². The van der Waals surface area contributed by atoms with E-state index in [1.54, 1.807) is 6.07 Å². The molecular weight excluding hydrogens is 255 g/mol. The van der Waals surface area contributed by atoms with E-state index >= 15 is 0 Å². The van der Waals surface area contributed by atoms with Crippen molar-refractivity contribution >= 4 is 0 Å². The zero-order valence-corrected chi connectivity index (χ0v) is 12.4. The van der Waals surface area contributed by atoms with E-state index in [0.717, 1.165) is 31.3 Å². The Kier molecular flexibility index (Phi) is 5.38. The first-order valence-electron chi connectivity index (χ1n) is 7.47. The minimum Gasteiger partial charge on any atom is -0.508 e. The van der Waals surface area contributed by atoms with Crippen LogP contribution in [0.15, 0.2) is 18.2 Å². The molecule has 1 aromatic rings. The number of likely N-dealkylation sites (tertiary alicyclic amines) is 1. The standard InChI is InChI=1S/C16H25FN2O/c1-12(2)18-9-13-4-3-5-19(10-13)11-14-6-15(17)8-16(20)7-14/h6-8,12-13,18,20H,3-5,9-11H2,1-2H3. The highest BCUT2D eigenvalue weighted by Gasteiger charge is 2.20. The number of nitrogens with one attached hydrogen (secondary N) is 1. The number of phenols is 1. The second kappa shape index (κ2) is 7.04. The van der Waals surface area contributed by atoms with Crippen LogP contribution >= 0.6 is 0 Å². The van der Waals surface area contributed by atoms with Gasteiger partial charge in [-0.2, -0.15) is 0 Å². The van der Waals surface area contributed by atoms with Crippen molar-refractivity contribution in [3.8, 4) is 5.75 Å². The van der Waals surface area contributed by atoms with Crippen molar-refractivity contribution in [1.29, 1.82) is 0 Å². The van der Waals surface area contributed by atoms with E-state index in [4.69, 9.17) is 0 Å². The number of phenolic OH excluding ortho intramolecular Hbond substituents is 1. The largest absolute Gasteiger partial charge is 0.508 e. The minimum atomic E-state index is -0.366. The molecule has 1 aromatic carbocycles. The number of rotatable bonds is 5. The highest BCUT2D eigenvalue weighted by molar-refractivity contribution is 5.28. The molecule has 0 spiro atoms. The lowest BCUT2D eigenvalue weighted by atomic mass is 9.97. The Balaban J connectivity index is 1.89. The number of halogens is 1. The summed E-state index contributed by atoms with van der Waals surface area (Å²) in [5, 5.41) is 12.9. The SMILES string of the molecule is CC(C)NCC1CCCN(Cc2cc(O)cc(F)c2)C1. The molecular formula is C16H25FN2O. The zero-order valence-electron chi connectivity index (χ0n) is 12.4. The summed E-state index contributed by atoms with van der Waals surface area (Å²) in [6.07, 6.45) is 2.44. The molecule has 3 nitrogen and oxygen atoms in total. The lowest BCUT2D eigenvalue weighted by molar-refractivity contribution is 0.163. The third-order valence-corrected chi connectivity index (χ3v) is 3.77. The number of hydrogen-bond acceptors (Lipinski definition) is 3. The molecule has 1 aliphatic heterocycles. The van der Waals surface area contributed by atoms with E-state index in [1.165, 1.54) is 18.9 Å². The van der Waals surface area contributed by atoms with Crippen molar-refractivity contribution in [2.75, 3.05) is 19.6 Å². The van der Waals surface area contributed by atoms with Gasteiger partial charge in [0.05, 0.1) is 0 Å². The van der Waals surface area contributed by atoms with Crippen LogP contribution in [0.5, 0.6) is 5.75 Å². The van der Waals surface area contributed by atoms with Gasteiger partial charge < -0.3 is 10.4 Å². The molecule has 1 atom stereocenters. The highest BCUT2D eigenvalue weighted by atomic mass is 19.1. The Morgan fingerprint density at radius 1 is 1.40 bits per heavy atom. The maximum absolute atomic E-state index is 13.3. The fourth-order valence-corrected chi connectivity index (χ4v) is 2.85. The van der Waals surface area contributed by atoms with Gasteiger partial charge in [-0.05, 0) is 49.5 Å². The molecule has 0 bridgehead atoms. The first-order valence-corrected chi connectivity index (χ1v) is 7.47. The third kappa shape index (κ3) is 4.76. The Morgan fingerprint density at radius 3 is 2.90 bits per heavy atom. The van der Waals surface area contributed by atoms with E-state index in [9.17, 15) is 9.50 Å². The molecule has 1 saturated heterocycles. The fourth-order valence-electron chi connectivity index (χ4n) is 2.85. The smallest absolute Gasteiger partial charge is 0.127 e. The summed E-state index contributed by atoms with van der Waals surface area (Å²) >= 11 is 0.